The van der Waals surface area contributed by atoms with Crippen LogP contribution in [0.4, 0.5) is 40.8 Å². The summed E-state index contributed by atoms with van der Waals surface area (Å²) in [7, 11) is -2.68. The van der Waals surface area contributed by atoms with Crippen LogP contribution in [0.2, 0.25) is 0 Å². The van der Waals surface area contributed by atoms with Gasteiger partial charge in [0.05, 0.1) is 28.9 Å². The van der Waals surface area contributed by atoms with Crippen molar-refractivity contribution in [1.82, 2.24) is 4.31 Å². The molecule has 7 nitrogen and oxygen atoms in total. The topological polar surface area (TPSA) is 93.4 Å². The van der Waals surface area contributed by atoms with Crippen LogP contribution in [-0.4, -0.2) is 66.8 Å². The van der Waals surface area contributed by atoms with E-state index in [9.17, 15) is 48.6 Å². The van der Waals surface area contributed by atoms with Gasteiger partial charge in [0.15, 0.2) is 5.82 Å². The third-order valence-corrected chi connectivity index (χ3v) is 8.74. The predicted molar refractivity (Wildman–Crippen MR) is 139 cm³/mol. The zero-order valence-electron chi connectivity index (χ0n) is 22.0. The highest BCUT2D eigenvalue weighted by Crippen LogP contribution is 2.49. The van der Waals surface area contributed by atoms with Crippen LogP contribution < -0.4 is 5.01 Å². The quantitative estimate of drug-likeness (QED) is 0.323. The highest BCUT2D eigenvalue weighted by molar-refractivity contribution is 7.89. The summed E-state index contributed by atoms with van der Waals surface area (Å²) in [5.41, 5.74) is -6.87. The standard InChI is InChI=1S/C27H23F8N3O4S/c1-37(11-12-39)43(41,42)20-4-2-3-18(13-20)16-5-7-17(8-6-16)23-15-24(25(40,26(30,31)32)27(33,34)35)36-38(23)22-10-9-19(28)14-21(22)29/h2-10,13-14,23,39-40H,11-12,15H2,1H3. The summed E-state index contributed by atoms with van der Waals surface area (Å²) in [5, 5.41) is 22.9. The van der Waals surface area contributed by atoms with E-state index in [1.54, 1.807) is 6.07 Å². The molecule has 0 saturated carbocycles. The van der Waals surface area contributed by atoms with Gasteiger partial charge in [-0.25, -0.2) is 17.2 Å². The van der Waals surface area contributed by atoms with Gasteiger partial charge in [-0.15, -0.1) is 0 Å². The molecule has 232 valence electrons. The molecule has 0 amide bonds. The number of rotatable bonds is 8. The number of halogens is 8. The van der Waals surface area contributed by atoms with Crippen LogP contribution in [0.25, 0.3) is 11.1 Å². The first-order valence-corrected chi connectivity index (χ1v) is 13.8. The molecule has 2 N–H and O–H groups in total. The Hall–Kier alpha value is -3.60. The predicted octanol–water partition coefficient (Wildman–Crippen LogP) is 5.41. The van der Waals surface area contributed by atoms with Crippen LogP contribution in [0, 0.1) is 11.6 Å². The van der Waals surface area contributed by atoms with E-state index in [-0.39, 0.29) is 17.0 Å². The number of sulfonamides is 1. The van der Waals surface area contributed by atoms with E-state index >= 15 is 0 Å². The lowest BCUT2D eigenvalue weighted by molar-refractivity contribution is -0.338. The highest BCUT2D eigenvalue weighted by atomic mass is 32.2. The zero-order chi connectivity index (χ0) is 32.0. The fraction of sp³-hybridized carbons (Fsp3) is 0.296. The number of nitrogens with zero attached hydrogens (tertiary/aromatic N) is 3. The minimum absolute atomic E-state index is 0.0596. The number of aliphatic hydroxyl groups is 2. The molecule has 16 heteroatoms. The number of hydrogen-bond acceptors (Lipinski definition) is 6. The van der Waals surface area contributed by atoms with Crippen LogP contribution in [0.1, 0.15) is 18.0 Å². The second-order valence-corrected chi connectivity index (χ2v) is 11.7. The van der Waals surface area contributed by atoms with Gasteiger partial charge in [-0.2, -0.15) is 35.7 Å². The van der Waals surface area contributed by atoms with E-state index in [1.807, 2.05) is 0 Å². The maximum absolute atomic E-state index is 14.7. The van der Waals surface area contributed by atoms with Crippen molar-refractivity contribution in [3.63, 3.8) is 0 Å². The molecule has 0 bridgehead atoms. The molecule has 0 spiro atoms. The molecular weight excluding hydrogens is 614 g/mol. The number of alkyl halides is 6. The smallest absolute Gasteiger partial charge is 0.395 e. The molecular formula is C27H23F8N3O4S. The van der Waals surface area contributed by atoms with Gasteiger partial charge in [0.2, 0.25) is 10.0 Å². The summed E-state index contributed by atoms with van der Waals surface area (Å²) in [4.78, 5) is -0.101. The summed E-state index contributed by atoms with van der Waals surface area (Å²) >= 11 is 0. The highest BCUT2D eigenvalue weighted by Gasteiger charge is 2.74. The number of anilines is 1. The van der Waals surface area contributed by atoms with E-state index in [0.717, 1.165) is 16.4 Å². The van der Waals surface area contributed by atoms with Crippen molar-refractivity contribution in [3.05, 3.63) is 83.9 Å². The zero-order valence-corrected chi connectivity index (χ0v) is 22.9. The Morgan fingerprint density at radius 2 is 1.56 bits per heavy atom. The summed E-state index contributed by atoms with van der Waals surface area (Å²) in [6.07, 6.45) is -13.6. The summed E-state index contributed by atoms with van der Waals surface area (Å²) in [5.74, 6) is -2.38. The van der Waals surface area contributed by atoms with Gasteiger partial charge in [-0.1, -0.05) is 36.4 Å². The number of benzene rings is 3. The lowest BCUT2D eigenvalue weighted by Gasteiger charge is -2.32. The minimum Gasteiger partial charge on any atom is -0.395 e. The third-order valence-electron chi connectivity index (χ3n) is 6.89. The second-order valence-electron chi connectivity index (χ2n) is 9.61. The minimum atomic E-state index is -6.23. The molecule has 1 heterocycles. The monoisotopic (exact) mass is 637 g/mol. The first kappa shape index (κ1) is 32.3. The van der Waals surface area contributed by atoms with Gasteiger partial charge in [0.1, 0.15) is 5.82 Å². The third kappa shape index (κ3) is 5.96. The maximum Gasteiger partial charge on any atom is 0.431 e. The largest absolute Gasteiger partial charge is 0.431 e. The molecule has 43 heavy (non-hydrogen) atoms. The van der Waals surface area contributed by atoms with Gasteiger partial charge >= 0.3 is 12.4 Å². The number of aliphatic hydroxyl groups excluding tert-OH is 1. The summed E-state index contributed by atoms with van der Waals surface area (Å²) in [6.45, 7) is -0.568. The Morgan fingerprint density at radius 3 is 2.12 bits per heavy atom. The molecule has 1 unspecified atom stereocenters. The van der Waals surface area contributed by atoms with Crippen molar-refractivity contribution in [3.8, 4) is 11.1 Å². The van der Waals surface area contributed by atoms with Gasteiger partial charge in [0, 0.05) is 26.1 Å². The Bertz CT molecular complexity index is 1610. The van der Waals surface area contributed by atoms with Crippen molar-refractivity contribution in [2.45, 2.75) is 35.3 Å². The molecule has 0 saturated heterocycles. The second kappa shape index (κ2) is 11.5. The van der Waals surface area contributed by atoms with Gasteiger partial charge in [-0.05, 0) is 41.0 Å². The lowest BCUT2D eigenvalue weighted by atomic mass is 9.89. The van der Waals surface area contributed by atoms with Gasteiger partial charge < -0.3 is 10.2 Å². The number of hydrogen-bond donors (Lipinski definition) is 2. The van der Waals surface area contributed by atoms with Crippen molar-refractivity contribution in [1.29, 1.82) is 0 Å². The van der Waals surface area contributed by atoms with E-state index in [2.05, 4.69) is 5.10 Å². The Balaban J connectivity index is 1.75. The van der Waals surface area contributed by atoms with Crippen LogP contribution in [-0.2, 0) is 10.0 Å². The average Bonchev–Trinajstić information content (AvgIpc) is 3.37. The molecule has 3 aromatic carbocycles. The van der Waals surface area contributed by atoms with Gasteiger partial charge in [-0.3, -0.25) is 5.01 Å². The van der Waals surface area contributed by atoms with Crippen molar-refractivity contribution < 1.29 is 53.8 Å². The first-order valence-electron chi connectivity index (χ1n) is 12.4. The Labute approximate surface area is 240 Å². The fourth-order valence-electron chi connectivity index (χ4n) is 4.54. The molecule has 0 radical (unpaired) electrons. The molecule has 4 rings (SSSR count). The SMILES string of the molecule is CN(CCO)S(=O)(=O)c1cccc(-c2ccc(C3CC(C(O)(C(F)(F)F)C(F)(F)F)=NN3c3ccc(F)cc3F)cc2)c1. The normalized spacial score (nSPS) is 16.6. The lowest BCUT2D eigenvalue weighted by Crippen LogP contribution is -2.62. The first-order chi connectivity index (χ1) is 19.9. The van der Waals surface area contributed by atoms with E-state index in [0.29, 0.717) is 22.2 Å². The van der Waals surface area contributed by atoms with Crippen LogP contribution >= 0.6 is 0 Å². The van der Waals surface area contributed by atoms with E-state index in [1.165, 1.54) is 49.5 Å². The number of hydrazone groups is 1. The number of likely N-dealkylation sites (N-methyl/N-ethyl adjacent to an activating group) is 1. The molecule has 1 aliphatic rings. The molecule has 3 aromatic rings. The van der Waals surface area contributed by atoms with Gasteiger partial charge in [0.25, 0.3) is 5.60 Å². The summed E-state index contributed by atoms with van der Waals surface area (Å²) in [6, 6.07) is 11.5. The van der Waals surface area contributed by atoms with Crippen molar-refractivity contribution in [2.24, 2.45) is 5.10 Å². The molecule has 1 aliphatic heterocycles. The molecule has 0 aromatic heterocycles. The van der Waals surface area contributed by atoms with E-state index in [4.69, 9.17) is 5.11 Å². The van der Waals surface area contributed by atoms with Crippen LogP contribution in [0.3, 0.4) is 0 Å². The maximum atomic E-state index is 14.7. The molecule has 0 fully saturated rings. The molecule has 1 atom stereocenters. The molecule has 0 aliphatic carbocycles. The Kier molecular flexibility index (Phi) is 8.63. The van der Waals surface area contributed by atoms with Crippen LogP contribution in [0.5, 0.6) is 0 Å². The van der Waals surface area contributed by atoms with Crippen LogP contribution in [0.15, 0.2) is 76.7 Å². The average molecular weight is 638 g/mol. The van der Waals surface area contributed by atoms with E-state index < -0.39 is 70.1 Å². The van der Waals surface area contributed by atoms with Crippen molar-refractivity contribution >= 4 is 21.4 Å². The Morgan fingerprint density at radius 1 is 0.930 bits per heavy atom. The van der Waals surface area contributed by atoms with Crippen molar-refractivity contribution in [2.75, 3.05) is 25.2 Å². The fourth-order valence-corrected chi connectivity index (χ4v) is 5.75. The summed E-state index contributed by atoms with van der Waals surface area (Å²) < 4.78 is 137.